The number of carbonyl (C=O) groups is 2. The molecule has 1 saturated heterocycles. The van der Waals surface area contributed by atoms with Crippen molar-refractivity contribution in [1.82, 2.24) is 10.2 Å². The molecule has 4 nitrogen and oxygen atoms in total. The van der Waals surface area contributed by atoms with E-state index in [4.69, 9.17) is 11.6 Å². The van der Waals surface area contributed by atoms with E-state index in [2.05, 4.69) is 5.32 Å². The lowest BCUT2D eigenvalue weighted by Crippen LogP contribution is -2.40. The highest BCUT2D eigenvalue weighted by atomic mass is 35.5. The molecule has 0 aromatic carbocycles. The third-order valence-electron chi connectivity index (χ3n) is 1.91. The molecular formula is C8H13ClN2O2. The molecule has 1 aliphatic rings. The Morgan fingerprint density at radius 3 is 3.00 bits per heavy atom. The number of amides is 2. The first-order valence-corrected chi connectivity index (χ1v) is 4.74. The van der Waals surface area contributed by atoms with Crippen LogP contribution in [0.25, 0.3) is 0 Å². The lowest BCUT2D eigenvalue weighted by Gasteiger charge is -2.19. The molecule has 1 unspecified atom stereocenters. The van der Waals surface area contributed by atoms with Crippen LogP contribution in [-0.4, -0.2) is 41.7 Å². The van der Waals surface area contributed by atoms with Crippen LogP contribution in [0.1, 0.15) is 13.3 Å². The van der Waals surface area contributed by atoms with Crippen molar-refractivity contribution in [3.05, 3.63) is 0 Å². The highest BCUT2D eigenvalue weighted by Crippen LogP contribution is 2.04. The second-order valence-electron chi connectivity index (χ2n) is 3.08. The maximum absolute atomic E-state index is 11.4. The lowest BCUT2D eigenvalue weighted by atomic mass is 10.3. The van der Waals surface area contributed by atoms with E-state index in [1.54, 1.807) is 6.92 Å². The topological polar surface area (TPSA) is 49.4 Å². The van der Waals surface area contributed by atoms with E-state index >= 15 is 0 Å². The van der Waals surface area contributed by atoms with Crippen molar-refractivity contribution < 1.29 is 9.59 Å². The third kappa shape index (κ3) is 2.88. The van der Waals surface area contributed by atoms with Gasteiger partial charge in [-0.05, 0) is 13.3 Å². The Hall–Kier alpha value is -0.770. The van der Waals surface area contributed by atoms with Crippen LogP contribution in [0.3, 0.4) is 0 Å². The summed E-state index contributed by atoms with van der Waals surface area (Å²) in [6.07, 6.45) is 0.793. The largest absolute Gasteiger partial charge is 0.354 e. The summed E-state index contributed by atoms with van der Waals surface area (Å²) in [6.45, 7) is 3.00. The molecule has 1 rings (SSSR count). The molecule has 1 fully saturated rings. The molecule has 5 heteroatoms. The molecule has 0 saturated carbocycles. The normalized spacial score (nSPS) is 20.5. The zero-order chi connectivity index (χ0) is 9.84. The molecule has 0 aromatic rings. The Bertz CT molecular complexity index is 218. The van der Waals surface area contributed by atoms with Gasteiger partial charge in [0.25, 0.3) is 0 Å². The fourth-order valence-electron chi connectivity index (χ4n) is 1.25. The van der Waals surface area contributed by atoms with Gasteiger partial charge in [-0.3, -0.25) is 9.59 Å². The predicted molar refractivity (Wildman–Crippen MR) is 49.5 cm³/mol. The Morgan fingerprint density at radius 2 is 2.38 bits per heavy atom. The fourth-order valence-corrected chi connectivity index (χ4v) is 1.38. The molecule has 1 aliphatic heterocycles. The quantitative estimate of drug-likeness (QED) is 0.610. The number of nitrogens with zero attached hydrogens (tertiary/aromatic N) is 1. The SMILES string of the molecule is CC(Cl)C(=O)N1CCCNC(=O)C1. The smallest absolute Gasteiger partial charge is 0.240 e. The second kappa shape index (κ2) is 4.46. The van der Waals surface area contributed by atoms with Gasteiger partial charge < -0.3 is 10.2 Å². The molecule has 1 atom stereocenters. The van der Waals surface area contributed by atoms with Gasteiger partial charge in [-0.15, -0.1) is 11.6 Å². The Labute approximate surface area is 82.2 Å². The minimum atomic E-state index is -0.550. The number of halogens is 1. The monoisotopic (exact) mass is 204 g/mol. The minimum Gasteiger partial charge on any atom is -0.354 e. The average molecular weight is 205 g/mol. The molecule has 0 spiro atoms. The van der Waals surface area contributed by atoms with Crippen molar-refractivity contribution in [3.63, 3.8) is 0 Å². The van der Waals surface area contributed by atoms with Crippen molar-refractivity contribution in [1.29, 1.82) is 0 Å². The maximum Gasteiger partial charge on any atom is 0.240 e. The first-order valence-electron chi connectivity index (χ1n) is 4.31. The van der Waals surface area contributed by atoms with Crippen LogP contribution in [0, 0.1) is 0 Å². The van der Waals surface area contributed by atoms with Crippen LogP contribution in [0.15, 0.2) is 0 Å². The molecule has 1 N–H and O–H groups in total. The van der Waals surface area contributed by atoms with Gasteiger partial charge in [0, 0.05) is 13.1 Å². The maximum atomic E-state index is 11.4. The first-order chi connectivity index (χ1) is 6.11. The number of nitrogens with one attached hydrogen (secondary N) is 1. The summed E-state index contributed by atoms with van der Waals surface area (Å²) in [5.41, 5.74) is 0. The summed E-state index contributed by atoms with van der Waals surface area (Å²) < 4.78 is 0. The predicted octanol–water partition coefficient (Wildman–Crippen LogP) is -0.0378. The Morgan fingerprint density at radius 1 is 1.69 bits per heavy atom. The van der Waals surface area contributed by atoms with Gasteiger partial charge in [0.05, 0.1) is 6.54 Å². The van der Waals surface area contributed by atoms with Gasteiger partial charge in [-0.1, -0.05) is 0 Å². The van der Waals surface area contributed by atoms with Crippen molar-refractivity contribution in [3.8, 4) is 0 Å². The average Bonchev–Trinajstić information content (AvgIpc) is 2.28. The Balaban J connectivity index is 2.57. The van der Waals surface area contributed by atoms with E-state index in [-0.39, 0.29) is 18.4 Å². The summed E-state index contributed by atoms with van der Waals surface area (Å²) in [5, 5.41) is 2.14. The van der Waals surface area contributed by atoms with Crippen molar-refractivity contribution >= 4 is 23.4 Å². The van der Waals surface area contributed by atoms with E-state index < -0.39 is 5.38 Å². The van der Waals surface area contributed by atoms with Gasteiger partial charge in [0.15, 0.2) is 0 Å². The second-order valence-corrected chi connectivity index (χ2v) is 3.73. The van der Waals surface area contributed by atoms with Crippen molar-refractivity contribution in [2.75, 3.05) is 19.6 Å². The number of alkyl halides is 1. The van der Waals surface area contributed by atoms with Gasteiger partial charge in [-0.2, -0.15) is 0 Å². The summed E-state index contributed by atoms with van der Waals surface area (Å²) in [5.74, 6) is -0.276. The highest BCUT2D eigenvalue weighted by Gasteiger charge is 2.22. The van der Waals surface area contributed by atoms with Gasteiger partial charge in [0.1, 0.15) is 5.38 Å². The van der Waals surface area contributed by atoms with Gasteiger partial charge in [0.2, 0.25) is 11.8 Å². The summed E-state index contributed by atoms with van der Waals surface area (Å²) in [7, 11) is 0. The van der Waals surface area contributed by atoms with E-state index in [9.17, 15) is 9.59 Å². The van der Waals surface area contributed by atoms with Crippen LogP contribution < -0.4 is 5.32 Å². The molecule has 0 aromatic heterocycles. The van der Waals surface area contributed by atoms with Crippen LogP contribution >= 0.6 is 11.6 Å². The summed E-state index contributed by atoms with van der Waals surface area (Å²) >= 11 is 5.64. The van der Waals surface area contributed by atoms with Crippen molar-refractivity contribution in [2.45, 2.75) is 18.7 Å². The third-order valence-corrected chi connectivity index (χ3v) is 2.10. The number of hydrogen-bond donors (Lipinski definition) is 1. The summed E-state index contributed by atoms with van der Waals surface area (Å²) in [6, 6.07) is 0. The van der Waals surface area contributed by atoms with Gasteiger partial charge in [-0.25, -0.2) is 0 Å². The van der Waals surface area contributed by atoms with Crippen LogP contribution in [0.4, 0.5) is 0 Å². The summed E-state index contributed by atoms with van der Waals surface area (Å²) in [4.78, 5) is 24.0. The molecule has 74 valence electrons. The molecule has 13 heavy (non-hydrogen) atoms. The van der Waals surface area contributed by atoms with Crippen LogP contribution in [0.5, 0.6) is 0 Å². The molecule has 0 bridgehead atoms. The van der Waals surface area contributed by atoms with Gasteiger partial charge >= 0.3 is 0 Å². The van der Waals surface area contributed by atoms with E-state index in [1.165, 1.54) is 4.90 Å². The van der Waals surface area contributed by atoms with E-state index in [0.717, 1.165) is 6.42 Å². The van der Waals surface area contributed by atoms with E-state index in [1.807, 2.05) is 0 Å². The van der Waals surface area contributed by atoms with Crippen LogP contribution in [-0.2, 0) is 9.59 Å². The standard InChI is InChI=1S/C8H13ClN2O2/c1-6(9)8(13)11-4-2-3-10-7(12)5-11/h6H,2-5H2,1H3,(H,10,12). The fraction of sp³-hybridized carbons (Fsp3) is 0.750. The van der Waals surface area contributed by atoms with Crippen LogP contribution in [0.2, 0.25) is 0 Å². The molecule has 2 amide bonds. The lowest BCUT2D eigenvalue weighted by molar-refractivity contribution is -0.134. The zero-order valence-corrected chi connectivity index (χ0v) is 8.30. The highest BCUT2D eigenvalue weighted by molar-refractivity contribution is 6.30. The molecule has 1 heterocycles. The first kappa shape index (κ1) is 10.3. The Kier molecular flexibility index (Phi) is 3.54. The number of hydrogen-bond acceptors (Lipinski definition) is 2. The molecule has 0 aliphatic carbocycles. The minimum absolute atomic E-state index is 0.108. The van der Waals surface area contributed by atoms with Crippen molar-refractivity contribution in [2.24, 2.45) is 0 Å². The van der Waals surface area contributed by atoms with E-state index in [0.29, 0.717) is 13.1 Å². The zero-order valence-electron chi connectivity index (χ0n) is 7.55. The number of carbonyl (C=O) groups excluding carboxylic acids is 2. The number of rotatable bonds is 1. The molecular weight excluding hydrogens is 192 g/mol. The molecule has 0 radical (unpaired) electrons.